The van der Waals surface area contributed by atoms with Gasteiger partial charge in [0.1, 0.15) is 0 Å². The van der Waals surface area contributed by atoms with Crippen LogP contribution in [-0.4, -0.2) is 22.9 Å². The number of anilines is 2. The number of aryl methyl sites for hydroxylation is 1. The summed E-state index contributed by atoms with van der Waals surface area (Å²) in [7, 11) is 0. The molecule has 0 unspecified atom stereocenters. The molecule has 1 N–H and O–H groups in total. The van der Waals surface area contributed by atoms with E-state index in [1.807, 2.05) is 19.1 Å². The fourth-order valence-corrected chi connectivity index (χ4v) is 4.36. The molecule has 2 amide bonds. The van der Waals surface area contributed by atoms with Gasteiger partial charge in [0, 0.05) is 36.4 Å². The van der Waals surface area contributed by atoms with Crippen molar-refractivity contribution in [1.29, 1.82) is 0 Å². The Morgan fingerprint density at radius 3 is 2.59 bits per heavy atom. The lowest BCUT2D eigenvalue weighted by Crippen LogP contribution is -2.23. The highest BCUT2D eigenvalue weighted by Gasteiger charge is 2.21. The second-order valence-electron chi connectivity index (χ2n) is 6.44. The lowest BCUT2D eigenvalue weighted by Gasteiger charge is -2.15. The van der Waals surface area contributed by atoms with Crippen LogP contribution >= 0.6 is 11.3 Å². The van der Waals surface area contributed by atoms with Crippen molar-refractivity contribution in [1.82, 2.24) is 4.57 Å². The first kappa shape index (κ1) is 17.5. The van der Waals surface area contributed by atoms with Crippen molar-refractivity contribution in [2.45, 2.75) is 26.3 Å². The number of rotatable bonds is 4. The second-order valence-corrected chi connectivity index (χ2v) is 7.44. The van der Waals surface area contributed by atoms with Crippen LogP contribution in [0.2, 0.25) is 0 Å². The van der Waals surface area contributed by atoms with Crippen LogP contribution in [0, 0.1) is 0 Å². The van der Waals surface area contributed by atoms with Crippen LogP contribution in [-0.2, 0) is 11.3 Å². The van der Waals surface area contributed by atoms with Crippen molar-refractivity contribution in [2.75, 3.05) is 16.8 Å². The van der Waals surface area contributed by atoms with E-state index in [9.17, 15) is 14.4 Å². The number of amides is 2. The zero-order chi connectivity index (χ0) is 19.0. The van der Waals surface area contributed by atoms with Crippen LogP contribution in [0.3, 0.4) is 0 Å². The molecule has 0 bridgehead atoms. The molecule has 1 aliphatic rings. The first-order valence-electron chi connectivity index (χ1n) is 8.92. The molecule has 1 aliphatic heterocycles. The minimum Gasteiger partial charge on any atom is -0.322 e. The fraction of sp³-hybridized carbons (Fsp3) is 0.250. The molecule has 7 heteroatoms. The molecule has 27 heavy (non-hydrogen) atoms. The van der Waals surface area contributed by atoms with Gasteiger partial charge in [-0.3, -0.25) is 19.0 Å². The predicted octanol–water partition coefficient (Wildman–Crippen LogP) is 3.46. The lowest BCUT2D eigenvalue weighted by molar-refractivity contribution is -0.117. The van der Waals surface area contributed by atoms with Crippen LogP contribution in [0.5, 0.6) is 0 Å². The smallest absolute Gasteiger partial charge is 0.308 e. The molecule has 0 spiro atoms. The molecule has 1 saturated heterocycles. The quantitative estimate of drug-likeness (QED) is 0.752. The zero-order valence-electron chi connectivity index (χ0n) is 14.9. The van der Waals surface area contributed by atoms with Crippen LogP contribution < -0.4 is 15.1 Å². The third-order valence-electron chi connectivity index (χ3n) is 4.76. The number of carbonyl (C=O) groups excluding carboxylic acids is 2. The molecule has 1 fully saturated rings. The minimum atomic E-state index is -0.226. The molecule has 3 aromatic rings. The molecule has 0 radical (unpaired) electrons. The Hall–Kier alpha value is -2.93. The van der Waals surface area contributed by atoms with Crippen LogP contribution in [0.25, 0.3) is 10.2 Å². The molecule has 6 nitrogen and oxygen atoms in total. The summed E-state index contributed by atoms with van der Waals surface area (Å²) in [5, 5.41) is 2.87. The van der Waals surface area contributed by atoms with E-state index < -0.39 is 0 Å². The van der Waals surface area contributed by atoms with Gasteiger partial charge in [-0.15, -0.1) is 0 Å². The van der Waals surface area contributed by atoms with E-state index in [1.165, 1.54) is 11.3 Å². The molecule has 4 rings (SSSR count). The van der Waals surface area contributed by atoms with Gasteiger partial charge in [-0.1, -0.05) is 11.3 Å². The number of nitrogens with zero attached hydrogens (tertiary/aromatic N) is 2. The van der Waals surface area contributed by atoms with Crippen molar-refractivity contribution < 1.29 is 9.59 Å². The maximum atomic E-state index is 12.5. The Bertz CT molecular complexity index is 1080. The highest BCUT2D eigenvalue weighted by atomic mass is 32.1. The molecule has 2 heterocycles. The molecule has 138 valence electrons. The first-order chi connectivity index (χ1) is 13.1. The van der Waals surface area contributed by atoms with Gasteiger partial charge in [0.15, 0.2) is 0 Å². The van der Waals surface area contributed by atoms with E-state index in [0.717, 1.165) is 28.9 Å². The normalized spacial score (nSPS) is 14.1. The summed E-state index contributed by atoms with van der Waals surface area (Å²) in [5.41, 5.74) is 2.87. The average molecular weight is 381 g/mol. The molecule has 1 aromatic heterocycles. The van der Waals surface area contributed by atoms with Gasteiger partial charge in [0.25, 0.3) is 5.91 Å². The van der Waals surface area contributed by atoms with Gasteiger partial charge >= 0.3 is 4.87 Å². The Labute approximate surface area is 160 Å². The van der Waals surface area contributed by atoms with Crippen molar-refractivity contribution in [3.63, 3.8) is 0 Å². The summed E-state index contributed by atoms with van der Waals surface area (Å²) in [4.78, 5) is 38.0. The van der Waals surface area contributed by atoms with E-state index in [2.05, 4.69) is 5.32 Å². The van der Waals surface area contributed by atoms with Crippen molar-refractivity contribution in [3.05, 3.63) is 57.7 Å². The van der Waals surface area contributed by atoms with Gasteiger partial charge in [0.05, 0.1) is 10.2 Å². The van der Waals surface area contributed by atoms with E-state index in [1.54, 1.807) is 39.8 Å². The summed E-state index contributed by atoms with van der Waals surface area (Å²) in [6.45, 7) is 3.28. The van der Waals surface area contributed by atoms with Gasteiger partial charge in [0.2, 0.25) is 5.91 Å². The number of carbonyl (C=O) groups is 2. The SMILES string of the molecule is CCn1c(=O)sc2cc(NC(=O)c3ccc(N4CCCC4=O)cc3)ccc21. The van der Waals surface area contributed by atoms with Crippen LogP contribution in [0.4, 0.5) is 11.4 Å². The molecule has 0 atom stereocenters. The Morgan fingerprint density at radius 1 is 1.15 bits per heavy atom. The Morgan fingerprint density at radius 2 is 1.93 bits per heavy atom. The van der Waals surface area contributed by atoms with Crippen LogP contribution in [0.15, 0.2) is 47.3 Å². The number of hydrogen-bond acceptors (Lipinski definition) is 4. The first-order valence-corrected chi connectivity index (χ1v) is 9.73. The fourth-order valence-electron chi connectivity index (χ4n) is 3.36. The van der Waals surface area contributed by atoms with Gasteiger partial charge in [-0.05, 0) is 55.8 Å². The highest BCUT2D eigenvalue weighted by Crippen LogP contribution is 2.24. The largest absolute Gasteiger partial charge is 0.322 e. The summed E-state index contributed by atoms with van der Waals surface area (Å²) in [6, 6.07) is 12.5. The van der Waals surface area contributed by atoms with E-state index in [-0.39, 0.29) is 16.7 Å². The number of hydrogen-bond donors (Lipinski definition) is 1. The third-order valence-corrected chi connectivity index (χ3v) is 5.70. The van der Waals surface area contributed by atoms with E-state index in [0.29, 0.717) is 24.2 Å². The summed E-state index contributed by atoms with van der Waals surface area (Å²) in [6.07, 6.45) is 1.45. The molecule has 0 saturated carbocycles. The van der Waals surface area contributed by atoms with Crippen molar-refractivity contribution in [3.8, 4) is 0 Å². The lowest BCUT2D eigenvalue weighted by atomic mass is 10.1. The predicted molar refractivity (Wildman–Crippen MR) is 108 cm³/mol. The Balaban J connectivity index is 1.52. The van der Waals surface area contributed by atoms with E-state index >= 15 is 0 Å². The molecular weight excluding hydrogens is 362 g/mol. The number of nitrogens with one attached hydrogen (secondary N) is 1. The topological polar surface area (TPSA) is 71.4 Å². The second kappa shape index (κ2) is 7.00. The number of fused-ring (bicyclic) bond motifs is 1. The molecule has 2 aromatic carbocycles. The third kappa shape index (κ3) is 3.26. The molecular formula is C20H19N3O3S. The maximum absolute atomic E-state index is 12.5. The van der Waals surface area contributed by atoms with Crippen LogP contribution in [0.1, 0.15) is 30.1 Å². The standard InChI is InChI=1S/C20H19N3O3S/c1-2-22-16-10-7-14(12-17(16)27-20(22)26)21-19(25)13-5-8-15(9-6-13)23-11-3-4-18(23)24/h5-10,12H,2-4,11H2,1H3,(H,21,25). The minimum absolute atomic E-state index is 0.00280. The zero-order valence-corrected chi connectivity index (χ0v) is 15.7. The maximum Gasteiger partial charge on any atom is 0.308 e. The molecule has 0 aliphatic carbocycles. The summed E-state index contributed by atoms with van der Waals surface area (Å²) < 4.78 is 2.56. The van der Waals surface area contributed by atoms with Crippen molar-refractivity contribution >= 4 is 44.7 Å². The van der Waals surface area contributed by atoms with Crippen molar-refractivity contribution in [2.24, 2.45) is 0 Å². The van der Waals surface area contributed by atoms with E-state index in [4.69, 9.17) is 0 Å². The van der Waals surface area contributed by atoms with Gasteiger partial charge in [-0.25, -0.2) is 0 Å². The van der Waals surface area contributed by atoms with Gasteiger partial charge in [-0.2, -0.15) is 0 Å². The number of thiazole rings is 1. The summed E-state index contributed by atoms with van der Waals surface area (Å²) >= 11 is 1.18. The number of aromatic nitrogens is 1. The Kier molecular flexibility index (Phi) is 4.53. The summed E-state index contributed by atoms with van der Waals surface area (Å²) in [5.74, 6) is -0.102. The van der Waals surface area contributed by atoms with Gasteiger partial charge < -0.3 is 10.2 Å². The monoisotopic (exact) mass is 381 g/mol. The highest BCUT2D eigenvalue weighted by molar-refractivity contribution is 7.16. The average Bonchev–Trinajstić information content (AvgIpc) is 3.23. The number of benzene rings is 2.